The Hall–Kier alpha value is -1.51. The van der Waals surface area contributed by atoms with Crippen molar-refractivity contribution in [1.29, 1.82) is 5.41 Å². The minimum Gasteiger partial charge on any atom is -0.490 e. The predicted octanol–water partition coefficient (Wildman–Crippen LogP) is 3.29. The van der Waals surface area contributed by atoms with Crippen LogP contribution in [0.2, 0.25) is 0 Å². The van der Waals surface area contributed by atoms with E-state index in [0.717, 1.165) is 12.2 Å². The molecule has 3 heteroatoms. The van der Waals surface area contributed by atoms with Crippen LogP contribution in [0, 0.1) is 5.41 Å². The van der Waals surface area contributed by atoms with Gasteiger partial charge in [0.05, 0.1) is 5.84 Å². The maximum atomic E-state index is 7.28. The molecule has 94 valence electrons. The molecular formula is C14H22N2O. The van der Waals surface area contributed by atoms with Gasteiger partial charge in [-0.1, -0.05) is 32.9 Å². The Bertz CT molecular complexity index is 357. The lowest BCUT2D eigenvalue weighted by molar-refractivity contribution is 0.204. The van der Waals surface area contributed by atoms with Crippen LogP contribution in [-0.2, 0) is 0 Å². The highest BCUT2D eigenvalue weighted by molar-refractivity contribution is 5.77. The van der Waals surface area contributed by atoms with Gasteiger partial charge in [0.15, 0.2) is 0 Å². The molecule has 0 amide bonds. The largest absolute Gasteiger partial charge is 0.490 e. The van der Waals surface area contributed by atoms with Gasteiger partial charge in [-0.15, -0.1) is 0 Å². The second kappa shape index (κ2) is 6.28. The smallest absolute Gasteiger partial charge is 0.119 e. The zero-order chi connectivity index (χ0) is 12.8. The lowest BCUT2D eigenvalue weighted by Crippen LogP contribution is -2.23. The number of hydrogen-bond donors (Lipinski definition) is 2. The Morgan fingerprint density at radius 1 is 1.29 bits per heavy atom. The number of benzene rings is 1. The van der Waals surface area contributed by atoms with E-state index in [-0.39, 0.29) is 11.9 Å². The maximum Gasteiger partial charge on any atom is 0.119 e. The number of hydrogen-bond acceptors (Lipinski definition) is 2. The van der Waals surface area contributed by atoms with E-state index in [4.69, 9.17) is 15.9 Å². The Labute approximate surface area is 103 Å². The van der Waals surface area contributed by atoms with Crippen molar-refractivity contribution in [2.75, 3.05) is 0 Å². The average molecular weight is 234 g/mol. The molecule has 0 saturated heterocycles. The highest BCUT2D eigenvalue weighted by atomic mass is 16.5. The first-order valence-electron chi connectivity index (χ1n) is 6.12. The van der Waals surface area contributed by atoms with Crippen LogP contribution in [0.3, 0.4) is 0 Å². The summed E-state index contributed by atoms with van der Waals surface area (Å²) < 4.78 is 5.79. The van der Waals surface area contributed by atoms with Crippen molar-refractivity contribution in [3.05, 3.63) is 29.8 Å². The molecule has 0 aliphatic heterocycles. The van der Waals surface area contributed by atoms with Crippen molar-refractivity contribution >= 4 is 5.84 Å². The summed E-state index contributed by atoms with van der Waals surface area (Å²) >= 11 is 0. The molecule has 0 spiro atoms. The van der Waals surface area contributed by atoms with E-state index >= 15 is 0 Å². The molecule has 1 atom stereocenters. The second-order valence-corrected chi connectivity index (χ2v) is 4.60. The van der Waals surface area contributed by atoms with Crippen LogP contribution in [0.4, 0.5) is 0 Å². The summed E-state index contributed by atoms with van der Waals surface area (Å²) in [4.78, 5) is 0. The van der Waals surface area contributed by atoms with Crippen LogP contribution in [0.25, 0.3) is 0 Å². The first-order chi connectivity index (χ1) is 8.02. The number of rotatable bonds is 6. The summed E-state index contributed by atoms with van der Waals surface area (Å²) in [6.07, 6.45) is 1.34. The highest BCUT2D eigenvalue weighted by Gasteiger charge is 2.09. The number of ether oxygens (including phenoxy) is 1. The number of nitrogens with two attached hydrogens (primary N) is 1. The van der Waals surface area contributed by atoms with Gasteiger partial charge < -0.3 is 10.5 Å². The zero-order valence-corrected chi connectivity index (χ0v) is 10.9. The fourth-order valence-electron chi connectivity index (χ4n) is 1.64. The summed E-state index contributed by atoms with van der Waals surface area (Å²) in [7, 11) is 0. The fourth-order valence-corrected chi connectivity index (χ4v) is 1.64. The molecule has 1 rings (SSSR count). The van der Waals surface area contributed by atoms with Crippen LogP contribution in [0.5, 0.6) is 5.75 Å². The first kappa shape index (κ1) is 13.6. The van der Waals surface area contributed by atoms with E-state index in [0.29, 0.717) is 12.3 Å². The van der Waals surface area contributed by atoms with Crippen LogP contribution < -0.4 is 10.5 Å². The van der Waals surface area contributed by atoms with Crippen molar-refractivity contribution in [1.82, 2.24) is 0 Å². The standard InChI is InChI=1S/C14H22N2O/c1-4-12(9-14(15)16)17-13-7-5-11(6-8-13)10(2)3/h5-8,10,12H,4,9H2,1-3H3,(H3,15,16). The average Bonchev–Trinajstić information content (AvgIpc) is 2.28. The van der Waals surface area contributed by atoms with E-state index in [9.17, 15) is 0 Å². The number of nitrogens with one attached hydrogen (secondary N) is 1. The molecule has 17 heavy (non-hydrogen) atoms. The van der Waals surface area contributed by atoms with Crippen LogP contribution in [-0.4, -0.2) is 11.9 Å². The molecule has 0 aromatic heterocycles. The minimum absolute atomic E-state index is 0.00241. The Kier molecular flexibility index (Phi) is 5.01. The van der Waals surface area contributed by atoms with Gasteiger partial charge in [-0.2, -0.15) is 0 Å². The van der Waals surface area contributed by atoms with Gasteiger partial charge in [0, 0.05) is 6.42 Å². The SMILES string of the molecule is CCC(CC(=N)N)Oc1ccc(C(C)C)cc1. The molecule has 1 aromatic rings. The topological polar surface area (TPSA) is 59.1 Å². The molecule has 0 aliphatic rings. The molecule has 1 aromatic carbocycles. The van der Waals surface area contributed by atoms with Crippen molar-refractivity contribution in [3.8, 4) is 5.75 Å². The van der Waals surface area contributed by atoms with Gasteiger partial charge in [-0.3, -0.25) is 5.41 Å². The van der Waals surface area contributed by atoms with Gasteiger partial charge in [0.1, 0.15) is 11.9 Å². The van der Waals surface area contributed by atoms with Crippen LogP contribution in [0.15, 0.2) is 24.3 Å². The Balaban J connectivity index is 2.64. The molecule has 0 radical (unpaired) electrons. The monoisotopic (exact) mass is 234 g/mol. The predicted molar refractivity (Wildman–Crippen MR) is 71.8 cm³/mol. The second-order valence-electron chi connectivity index (χ2n) is 4.60. The van der Waals surface area contributed by atoms with Crippen molar-refractivity contribution < 1.29 is 4.74 Å². The van der Waals surface area contributed by atoms with Gasteiger partial charge in [0.25, 0.3) is 0 Å². The molecule has 3 nitrogen and oxygen atoms in total. The Morgan fingerprint density at radius 2 is 1.88 bits per heavy atom. The van der Waals surface area contributed by atoms with Crippen molar-refractivity contribution in [2.24, 2.45) is 5.73 Å². The highest BCUT2D eigenvalue weighted by Crippen LogP contribution is 2.20. The summed E-state index contributed by atoms with van der Waals surface area (Å²) in [6, 6.07) is 8.14. The molecule has 0 saturated carbocycles. The van der Waals surface area contributed by atoms with Gasteiger partial charge in [0.2, 0.25) is 0 Å². The van der Waals surface area contributed by atoms with Crippen LogP contribution in [0.1, 0.15) is 45.1 Å². The quantitative estimate of drug-likeness (QED) is 0.586. The fraction of sp³-hybridized carbons (Fsp3) is 0.500. The molecule has 0 aliphatic carbocycles. The Morgan fingerprint density at radius 3 is 2.29 bits per heavy atom. The van der Waals surface area contributed by atoms with E-state index in [1.165, 1.54) is 5.56 Å². The molecule has 0 bridgehead atoms. The molecule has 3 N–H and O–H groups in total. The lowest BCUT2D eigenvalue weighted by Gasteiger charge is -2.17. The molecule has 1 unspecified atom stereocenters. The van der Waals surface area contributed by atoms with E-state index in [2.05, 4.69) is 26.0 Å². The van der Waals surface area contributed by atoms with Crippen molar-refractivity contribution in [2.45, 2.75) is 45.6 Å². The minimum atomic E-state index is -0.00241. The molecule has 0 heterocycles. The van der Waals surface area contributed by atoms with Gasteiger partial charge in [-0.05, 0) is 30.0 Å². The molecule has 0 fully saturated rings. The summed E-state index contributed by atoms with van der Waals surface area (Å²) in [6.45, 7) is 6.37. The van der Waals surface area contributed by atoms with E-state index in [1.54, 1.807) is 0 Å². The maximum absolute atomic E-state index is 7.28. The summed E-state index contributed by atoms with van der Waals surface area (Å²) in [5, 5.41) is 7.28. The zero-order valence-electron chi connectivity index (χ0n) is 10.9. The van der Waals surface area contributed by atoms with E-state index < -0.39 is 0 Å². The summed E-state index contributed by atoms with van der Waals surface area (Å²) in [5.74, 6) is 1.56. The molecular weight excluding hydrogens is 212 g/mol. The third-order valence-corrected chi connectivity index (χ3v) is 2.75. The van der Waals surface area contributed by atoms with Gasteiger partial charge >= 0.3 is 0 Å². The van der Waals surface area contributed by atoms with E-state index in [1.807, 2.05) is 19.1 Å². The summed E-state index contributed by atoms with van der Waals surface area (Å²) in [5.41, 5.74) is 6.69. The van der Waals surface area contributed by atoms with Gasteiger partial charge in [-0.25, -0.2) is 0 Å². The number of amidine groups is 1. The third kappa shape index (κ3) is 4.47. The third-order valence-electron chi connectivity index (χ3n) is 2.75. The van der Waals surface area contributed by atoms with Crippen molar-refractivity contribution in [3.63, 3.8) is 0 Å². The first-order valence-corrected chi connectivity index (χ1v) is 6.12. The lowest BCUT2D eigenvalue weighted by atomic mass is 10.0. The van der Waals surface area contributed by atoms with Crippen LogP contribution >= 0.6 is 0 Å². The normalized spacial score (nSPS) is 12.5.